The molecule has 0 aromatic carbocycles. The van der Waals surface area contributed by atoms with Crippen LogP contribution >= 0.6 is 0 Å². The average Bonchev–Trinajstić information content (AvgIpc) is 2.65. The van der Waals surface area contributed by atoms with Gasteiger partial charge >= 0.3 is 5.69 Å². The maximum Gasteiger partial charge on any atom is 0.333 e. The van der Waals surface area contributed by atoms with Gasteiger partial charge in [-0.05, 0) is 20.3 Å². The van der Waals surface area contributed by atoms with E-state index in [-0.39, 0.29) is 5.69 Å². The number of nitrogens with zero attached hydrogens (tertiary/aromatic N) is 3. The molecule has 1 aromatic heterocycles. The van der Waals surface area contributed by atoms with Crippen LogP contribution in [0.1, 0.15) is 26.0 Å². The van der Waals surface area contributed by atoms with Crippen LogP contribution in [0.4, 0.5) is 11.5 Å². The quantitative estimate of drug-likeness (QED) is 0.326. The van der Waals surface area contributed by atoms with E-state index in [9.17, 15) is 10.1 Å². The normalized spacial score (nSPS) is 10.6. The van der Waals surface area contributed by atoms with Crippen LogP contribution in [-0.2, 0) is 11.3 Å². The van der Waals surface area contributed by atoms with Gasteiger partial charge in [0.15, 0.2) is 0 Å². The van der Waals surface area contributed by atoms with Crippen LogP contribution in [0.2, 0.25) is 0 Å². The Morgan fingerprint density at radius 2 is 2.30 bits per heavy atom. The zero-order valence-corrected chi connectivity index (χ0v) is 12.3. The van der Waals surface area contributed by atoms with Crippen molar-refractivity contribution in [3.8, 4) is 0 Å². The Morgan fingerprint density at radius 3 is 2.85 bits per heavy atom. The number of nitrogens with one attached hydrogen (secondary N) is 1. The van der Waals surface area contributed by atoms with E-state index in [1.165, 1.54) is 0 Å². The Hall–Kier alpha value is -1.89. The van der Waals surface area contributed by atoms with Crippen molar-refractivity contribution in [1.29, 1.82) is 0 Å². The Bertz CT molecular complexity index is 482. The molecule has 0 fully saturated rings. The van der Waals surface area contributed by atoms with Gasteiger partial charge in [0.1, 0.15) is 5.69 Å². The van der Waals surface area contributed by atoms with Gasteiger partial charge in [0.05, 0.1) is 18.1 Å². The fourth-order valence-electron chi connectivity index (χ4n) is 1.83. The highest BCUT2D eigenvalue weighted by Gasteiger charge is 2.24. The first-order valence-electron chi connectivity index (χ1n) is 6.65. The predicted octanol–water partition coefficient (Wildman–Crippen LogP) is 2.51. The smallest absolute Gasteiger partial charge is 0.333 e. The lowest BCUT2D eigenvalue weighted by atomic mass is 10.3. The van der Waals surface area contributed by atoms with E-state index in [1.54, 1.807) is 11.6 Å². The molecule has 20 heavy (non-hydrogen) atoms. The second kappa shape index (κ2) is 7.64. The van der Waals surface area contributed by atoms with Gasteiger partial charge in [0.2, 0.25) is 5.82 Å². The summed E-state index contributed by atoms with van der Waals surface area (Å²) < 4.78 is 7.01. The molecular formula is C13H22N4O3. The third-order valence-corrected chi connectivity index (χ3v) is 2.60. The number of hydrogen-bond donors (Lipinski definition) is 1. The number of hydrogen-bond acceptors (Lipinski definition) is 5. The van der Waals surface area contributed by atoms with Gasteiger partial charge in [0, 0.05) is 13.1 Å². The molecule has 0 unspecified atom stereocenters. The fourth-order valence-corrected chi connectivity index (χ4v) is 1.83. The third-order valence-electron chi connectivity index (χ3n) is 2.60. The lowest BCUT2D eigenvalue weighted by Gasteiger charge is -2.09. The summed E-state index contributed by atoms with van der Waals surface area (Å²) in [5, 5.41) is 18.4. The molecule has 0 radical (unpaired) electrons. The molecule has 0 amide bonds. The summed E-state index contributed by atoms with van der Waals surface area (Å²) >= 11 is 0. The van der Waals surface area contributed by atoms with E-state index in [4.69, 9.17) is 4.74 Å². The minimum Gasteiger partial charge on any atom is -0.375 e. The number of aryl methyl sites for hydroxylation is 2. The molecule has 0 saturated heterocycles. The van der Waals surface area contributed by atoms with Crippen LogP contribution in [0.15, 0.2) is 12.2 Å². The molecule has 1 heterocycles. The van der Waals surface area contributed by atoms with Gasteiger partial charge in [0.25, 0.3) is 0 Å². The fraction of sp³-hybridized carbons (Fsp3) is 0.615. The lowest BCUT2D eigenvalue weighted by Crippen LogP contribution is -2.14. The minimum absolute atomic E-state index is 0.0401. The number of rotatable bonds is 9. The molecule has 0 bridgehead atoms. The Labute approximate surface area is 118 Å². The van der Waals surface area contributed by atoms with Crippen molar-refractivity contribution in [2.45, 2.75) is 33.7 Å². The largest absolute Gasteiger partial charge is 0.375 e. The van der Waals surface area contributed by atoms with Crippen LogP contribution < -0.4 is 5.32 Å². The van der Waals surface area contributed by atoms with Crippen LogP contribution in [0.3, 0.4) is 0 Å². The molecular weight excluding hydrogens is 260 g/mol. The van der Waals surface area contributed by atoms with Crippen molar-refractivity contribution in [3.63, 3.8) is 0 Å². The van der Waals surface area contributed by atoms with E-state index in [2.05, 4.69) is 17.0 Å². The summed E-state index contributed by atoms with van der Waals surface area (Å²) in [6, 6.07) is 0. The molecule has 7 heteroatoms. The minimum atomic E-state index is -0.397. The second-order valence-electron chi connectivity index (χ2n) is 4.70. The Balaban J connectivity index is 2.70. The average molecular weight is 282 g/mol. The monoisotopic (exact) mass is 282 g/mol. The van der Waals surface area contributed by atoms with Crippen molar-refractivity contribution < 1.29 is 9.66 Å². The zero-order valence-electron chi connectivity index (χ0n) is 12.3. The van der Waals surface area contributed by atoms with Crippen LogP contribution in [0, 0.1) is 17.0 Å². The Morgan fingerprint density at radius 1 is 1.60 bits per heavy atom. The van der Waals surface area contributed by atoms with Crippen molar-refractivity contribution in [2.24, 2.45) is 0 Å². The van der Waals surface area contributed by atoms with Crippen molar-refractivity contribution in [2.75, 3.05) is 25.1 Å². The van der Waals surface area contributed by atoms with Crippen LogP contribution in [0.5, 0.6) is 0 Å². The van der Waals surface area contributed by atoms with Gasteiger partial charge in [-0.1, -0.05) is 19.1 Å². The van der Waals surface area contributed by atoms with Gasteiger partial charge in [-0.2, -0.15) is 5.10 Å². The number of nitro groups is 1. The van der Waals surface area contributed by atoms with E-state index < -0.39 is 4.92 Å². The molecule has 0 saturated carbocycles. The molecule has 0 aliphatic heterocycles. The standard InChI is InChI=1S/C13H22N4O3/c1-5-7-16-13(12(17(18)19)11(4)15-16)14-6-8-20-9-10(2)3/h14H,2,5-9H2,1,3-4H3. The molecule has 0 aliphatic rings. The number of ether oxygens (including phenoxy) is 1. The van der Waals surface area contributed by atoms with E-state index in [0.29, 0.717) is 37.8 Å². The predicted molar refractivity (Wildman–Crippen MR) is 78.0 cm³/mol. The molecule has 0 aliphatic carbocycles. The van der Waals surface area contributed by atoms with Crippen LogP contribution in [-0.4, -0.2) is 34.5 Å². The van der Waals surface area contributed by atoms with E-state index >= 15 is 0 Å². The van der Waals surface area contributed by atoms with Crippen molar-refractivity contribution in [1.82, 2.24) is 9.78 Å². The first-order chi connectivity index (χ1) is 9.47. The molecule has 112 valence electrons. The number of anilines is 1. The topological polar surface area (TPSA) is 82.2 Å². The van der Waals surface area contributed by atoms with Gasteiger partial charge < -0.3 is 10.1 Å². The SMILES string of the molecule is C=C(C)COCCNc1c([N+](=O)[O-])c(C)nn1CCC. The van der Waals surface area contributed by atoms with Gasteiger partial charge in [-0.15, -0.1) is 0 Å². The first-order valence-corrected chi connectivity index (χ1v) is 6.65. The maximum absolute atomic E-state index is 11.1. The molecule has 0 spiro atoms. The summed E-state index contributed by atoms with van der Waals surface area (Å²) in [7, 11) is 0. The molecule has 1 rings (SSSR count). The summed E-state index contributed by atoms with van der Waals surface area (Å²) in [4.78, 5) is 10.7. The molecule has 0 atom stereocenters. The maximum atomic E-state index is 11.1. The molecule has 7 nitrogen and oxygen atoms in total. The molecule has 1 N–H and O–H groups in total. The van der Waals surface area contributed by atoms with E-state index in [0.717, 1.165) is 12.0 Å². The van der Waals surface area contributed by atoms with Crippen molar-refractivity contribution in [3.05, 3.63) is 28.0 Å². The molecule has 1 aromatic rings. The van der Waals surface area contributed by atoms with Crippen molar-refractivity contribution >= 4 is 11.5 Å². The first kappa shape index (κ1) is 16.2. The van der Waals surface area contributed by atoms with Crippen LogP contribution in [0.25, 0.3) is 0 Å². The number of aromatic nitrogens is 2. The highest BCUT2D eigenvalue weighted by molar-refractivity contribution is 5.59. The zero-order chi connectivity index (χ0) is 15.1. The highest BCUT2D eigenvalue weighted by atomic mass is 16.6. The van der Waals surface area contributed by atoms with Gasteiger partial charge in [-0.3, -0.25) is 10.1 Å². The lowest BCUT2D eigenvalue weighted by molar-refractivity contribution is -0.384. The third kappa shape index (κ3) is 4.34. The van der Waals surface area contributed by atoms with E-state index in [1.807, 2.05) is 13.8 Å². The highest BCUT2D eigenvalue weighted by Crippen LogP contribution is 2.28. The second-order valence-corrected chi connectivity index (χ2v) is 4.70. The summed E-state index contributed by atoms with van der Waals surface area (Å²) in [5.41, 5.74) is 1.41. The summed E-state index contributed by atoms with van der Waals surface area (Å²) in [6.45, 7) is 11.4. The summed E-state index contributed by atoms with van der Waals surface area (Å²) in [5.74, 6) is 0.452. The summed E-state index contributed by atoms with van der Waals surface area (Å²) in [6.07, 6.45) is 0.860. The van der Waals surface area contributed by atoms with Gasteiger partial charge in [-0.25, -0.2) is 4.68 Å². The Kier molecular flexibility index (Phi) is 6.17.